The minimum Gasteiger partial charge on any atom is -0.207 e. The highest BCUT2D eigenvalue weighted by Gasteiger charge is 2.45. The maximum absolute atomic E-state index is 11.8. The van der Waals surface area contributed by atoms with E-state index in [1.807, 2.05) is 0 Å². The van der Waals surface area contributed by atoms with Crippen LogP contribution in [0.4, 0.5) is 8.78 Å². The summed E-state index contributed by atoms with van der Waals surface area (Å²) in [5, 5.41) is 8.03. The van der Waals surface area contributed by atoms with Crippen molar-refractivity contribution in [2.75, 3.05) is 0 Å². The Labute approximate surface area is 45.9 Å². The quantitative estimate of drug-likeness (QED) is 0.472. The average molecular weight is 117 g/mol. The van der Waals surface area contributed by atoms with E-state index < -0.39 is 5.92 Å². The largest absolute Gasteiger partial charge is 0.250 e. The molecule has 8 heavy (non-hydrogen) atoms. The summed E-state index contributed by atoms with van der Waals surface area (Å²) in [6.07, 6.45) is -0.465. The molecule has 1 aliphatic carbocycles. The van der Waals surface area contributed by atoms with E-state index in [9.17, 15) is 8.78 Å². The number of rotatable bonds is 0. The van der Waals surface area contributed by atoms with Crippen LogP contribution in [0.3, 0.4) is 0 Å². The fourth-order valence-electron chi connectivity index (χ4n) is 0.752. The van der Waals surface area contributed by atoms with Crippen LogP contribution in [0, 0.1) is 17.2 Å². The SMILES string of the molecule is N#CC1CC(F)(F)C1. The number of halogens is 2. The van der Waals surface area contributed by atoms with E-state index >= 15 is 0 Å². The van der Waals surface area contributed by atoms with Gasteiger partial charge in [-0.25, -0.2) is 8.78 Å². The number of hydrogen-bond donors (Lipinski definition) is 0. The van der Waals surface area contributed by atoms with Gasteiger partial charge >= 0.3 is 0 Å². The zero-order valence-electron chi connectivity index (χ0n) is 4.19. The van der Waals surface area contributed by atoms with Gasteiger partial charge in [0.15, 0.2) is 0 Å². The summed E-state index contributed by atoms with van der Waals surface area (Å²) in [6.45, 7) is 0. The Bertz CT molecular complexity index is 128. The highest BCUT2D eigenvalue weighted by atomic mass is 19.3. The topological polar surface area (TPSA) is 23.8 Å². The lowest BCUT2D eigenvalue weighted by Crippen LogP contribution is -2.34. The maximum Gasteiger partial charge on any atom is 0.250 e. The Morgan fingerprint density at radius 1 is 1.50 bits per heavy atom. The van der Waals surface area contributed by atoms with Crippen LogP contribution < -0.4 is 0 Å². The third-order valence-electron chi connectivity index (χ3n) is 1.27. The van der Waals surface area contributed by atoms with Crippen LogP contribution in [0.25, 0.3) is 0 Å². The van der Waals surface area contributed by atoms with Crippen molar-refractivity contribution in [3.05, 3.63) is 0 Å². The highest BCUT2D eigenvalue weighted by Crippen LogP contribution is 2.41. The molecule has 1 rings (SSSR count). The van der Waals surface area contributed by atoms with Crippen LogP contribution in [0.2, 0.25) is 0 Å². The van der Waals surface area contributed by atoms with Gasteiger partial charge in [-0.15, -0.1) is 0 Å². The lowest BCUT2D eigenvalue weighted by atomic mass is 9.83. The average Bonchev–Trinajstić information content (AvgIpc) is 1.60. The van der Waals surface area contributed by atoms with E-state index in [-0.39, 0.29) is 18.8 Å². The van der Waals surface area contributed by atoms with Gasteiger partial charge in [0.25, 0.3) is 5.92 Å². The van der Waals surface area contributed by atoms with E-state index in [1.165, 1.54) is 0 Å². The summed E-state index contributed by atoms with van der Waals surface area (Å²) < 4.78 is 23.6. The maximum atomic E-state index is 11.8. The molecule has 3 heteroatoms. The molecule has 0 atom stereocenters. The molecule has 0 unspecified atom stereocenters. The van der Waals surface area contributed by atoms with Crippen molar-refractivity contribution in [1.29, 1.82) is 5.26 Å². The molecule has 1 nitrogen and oxygen atoms in total. The van der Waals surface area contributed by atoms with Crippen LogP contribution in [0.5, 0.6) is 0 Å². The molecule has 0 aromatic rings. The lowest BCUT2D eigenvalue weighted by molar-refractivity contribution is -0.0941. The van der Waals surface area contributed by atoms with Crippen molar-refractivity contribution >= 4 is 0 Å². The summed E-state index contributed by atoms with van der Waals surface area (Å²) in [7, 11) is 0. The van der Waals surface area contributed by atoms with Crippen molar-refractivity contribution in [2.24, 2.45) is 5.92 Å². The molecular formula is C5H5F2N. The van der Waals surface area contributed by atoms with Gasteiger partial charge in [0, 0.05) is 12.8 Å². The third-order valence-corrected chi connectivity index (χ3v) is 1.27. The standard InChI is InChI=1S/C5H5F2N/c6-5(7)1-4(2-5)3-8/h4H,1-2H2. The van der Waals surface area contributed by atoms with E-state index in [1.54, 1.807) is 6.07 Å². The Kier molecular flexibility index (Phi) is 0.968. The Morgan fingerprint density at radius 2 is 2.00 bits per heavy atom. The molecule has 0 bridgehead atoms. The van der Waals surface area contributed by atoms with E-state index in [0.717, 1.165) is 0 Å². The first-order chi connectivity index (χ1) is 3.64. The van der Waals surface area contributed by atoms with E-state index in [4.69, 9.17) is 5.26 Å². The molecule has 1 fully saturated rings. The summed E-state index contributed by atoms with van der Waals surface area (Å²) in [5.74, 6) is -2.91. The molecule has 0 aliphatic heterocycles. The van der Waals surface area contributed by atoms with Gasteiger partial charge in [-0.3, -0.25) is 0 Å². The first-order valence-electron chi connectivity index (χ1n) is 2.41. The second-order valence-electron chi connectivity index (χ2n) is 2.09. The Balaban J connectivity index is 2.34. The second kappa shape index (κ2) is 1.41. The van der Waals surface area contributed by atoms with Crippen molar-refractivity contribution in [3.8, 4) is 6.07 Å². The van der Waals surface area contributed by atoms with Crippen LogP contribution in [-0.2, 0) is 0 Å². The summed E-state index contributed by atoms with van der Waals surface area (Å²) in [5.41, 5.74) is 0. The zero-order valence-corrected chi connectivity index (χ0v) is 4.19. The van der Waals surface area contributed by atoms with Crippen LogP contribution >= 0.6 is 0 Å². The highest BCUT2D eigenvalue weighted by molar-refractivity contribution is 4.98. The van der Waals surface area contributed by atoms with Gasteiger partial charge < -0.3 is 0 Å². The molecule has 1 aliphatic rings. The number of alkyl halides is 2. The van der Waals surface area contributed by atoms with Crippen molar-refractivity contribution in [2.45, 2.75) is 18.8 Å². The normalized spacial score (nSPS) is 26.1. The molecule has 0 heterocycles. The Morgan fingerprint density at radius 3 is 2.12 bits per heavy atom. The molecule has 0 aromatic carbocycles. The number of hydrogen-bond acceptors (Lipinski definition) is 1. The lowest BCUT2D eigenvalue weighted by Gasteiger charge is -2.29. The first kappa shape index (κ1) is 5.49. The fraction of sp³-hybridized carbons (Fsp3) is 0.800. The summed E-state index contributed by atoms with van der Waals surface area (Å²) >= 11 is 0. The number of nitriles is 1. The van der Waals surface area contributed by atoms with Crippen molar-refractivity contribution in [1.82, 2.24) is 0 Å². The molecule has 0 spiro atoms. The van der Waals surface area contributed by atoms with Gasteiger partial charge in [-0.05, 0) is 0 Å². The van der Waals surface area contributed by atoms with E-state index in [0.29, 0.717) is 0 Å². The molecule has 0 saturated heterocycles. The van der Waals surface area contributed by atoms with Gasteiger partial charge in [-0.2, -0.15) is 5.26 Å². The zero-order chi connectivity index (χ0) is 6.20. The molecule has 0 N–H and O–H groups in total. The van der Waals surface area contributed by atoms with Crippen molar-refractivity contribution in [3.63, 3.8) is 0 Å². The number of nitrogens with zero attached hydrogens (tertiary/aromatic N) is 1. The predicted molar refractivity (Wildman–Crippen MR) is 23.3 cm³/mol. The molecule has 0 radical (unpaired) electrons. The second-order valence-corrected chi connectivity index (χ2v) is 2.09. The van der Waals surface area contributed by atoms with Gasteiger partial charge in [-0.1, -0.05) is 0 Å². The smallest absolute Gasteiger partial charge is 0.207 e. The summed E-state index contributed by atoms with van der Waals surface area (Å²) in [6, 6.07) is 1.78. The van der Waals surface area contributed by atoms with Crippen LogP contribution in [0.15, 0.2) is 0 Å². The van der Waals surface area contributed by atoms with Gasteiger partial charge in [0.1, 0.15) is 0 Å². The van der Waals surface area contributed by atoms with Gasteiger partial charge in [0.05, 0.1) is 12.0 Å². The molecule has 0 aromatic heterocycles. The molecule has 0 amide bonds. The monoisotopic (exact) mass is 117 g/mol. The first-order valence-corrected chi connectivity index (χ1v) is 2.41. The molecular weight excluding hydrogens is 112 g/mol. The third kappa shape index (κ3) is 0.786. The van der Waals surface area contributed by atoms with Gasteiger partial charge in [0.2, 0.25) is 0 Å². The molecule has 44 valence electrons. The minimum atomic E-state index is -2.53. The van der Waals surface area contributed by atoms with Crippen molar-refractivity contribution < 1.29 is 8.78 Å². The predicted octanol–water partition coefficient (Wildman–Crippen LogP) is 1.56. The Hall–Kier alpha value is -0.650. The fourth-order valence-corrected chi connectivity index (χ4v) is 0.752. The van der Waals surface area contributed by atoms with Crippen LogP contribution in [-0.4, -0.2) is 5.92 Å². The summed E-state index contributed by atoms with van der Waals surface area (Å²) in [4.78, 5) is 0. The van der Waals surface area contributed by atoms with Crippen LogP contribution in [0.1, 0.15) is 12.8 Å². The molecule has 1 saturated carbocycles. The minimum absolute atomic E-state index is 0.233. The van der Waals surface area contributed by atoms with E-state index in [2.05, 4.69) is 0 Å².